The van der Waals surface area contributed by atoms with Gasteiger partial charge in [0.15, 0.2) is 5.65 Å². The van der Waals surface area contributed by atoms with Gasteiger partial charge in [-0.3, -0.25) is 9.48 Å². The SMILES string of the molecule is C=C(NC(c1cn2nc(CC3CC(C(F)F)CNC3=O)ccc2n1)C(C1CC1)C1CC1)c1ccnn1CC. The number of halogens is 2. The second-order valence-corrected chi connectivity index (χ2v) is 11.2. The van der Waals surface area contributed by atoms with Gasteiger partial charge in [-0.2, -0.15) is 10.2 Å². The van der Waals surface area contributed by atoms with Gasteiger partial charge in [-0.05, 0) is 75.0 Å². The molecule has 38 heavy (non-hydrogen) atoms. The normalized spacial score (nSPS) is 22.7. The summed E-state index contributed by atoms with van der Waals surface area (Å²) in [5, 5.41) is 15.5. The van der Waals surface area contributed by atoms with Crippen LogP contribution in [-0.4, -0.2) is 43.3 Å². The summed E-state index contributed by atoms with van der Waals surface area (Å²) >= 11 is 0. The van der Waals surface area contributed by atoms with Crippen molar-refractivity contribution in [2.24, 2.45) is 29.6 Å². The molecular weight excluding hydrogens is 488 g/mol. The average Bonchev–Trinajstić information content (AvgIpc) is 3.83. The second-order valence-electron chi connectivity index (χ2n) is 11.2. The van der Waals surface area contributed by atoms with Crippen LogP contribution >= 0.6 is 0 Å². The molecule has 2 saturated carbocycles. The van der Waals surface area contributed by atoms with Crippen LogP contribution in [0.15, 0.2) is 37.2 Å². The fraction of sp³-hybridized carbons (Fsp3) is 0.571. The van der Waals surface area contributed by atoms with E-state index in [1.165, 1.54) is 25.7 Å². The van der Waals surface area contributed by atoms with Crippen LogP contribution in [0, 0.1) is 29.6 Å². The number of amides is 1. The molecule has 202 valence electrons. The summed E-state index contributed by atoms with van der Waals surface area (Å²) in [5.74, 6) is 0.347. The van der Waals surface area contributed by atoms with Gasteiger partial charge in [-0.25, -0.2) is 18.3 Å². The summed E-state index contributed by atoms with van der Waals surface area (Å²) in [6, 6.07) is 5.74. The molecule has 3 unspecified atom stereocenters. The molecule has 10 heteroatoms. The Morgan fingerprint density at radius 1 is 1.18 bits per heavy atom. The standard InChI is InChI=1S/C28H35F2N7O/c1-3-36-23(10-11-32-36)16(2)33-26(25(17-4-5-17)18-6-7-18)22-15-37-24(34-22)9-8-21(35-37)13-19-12-20(27(29)30)14-31-28(19)38/h8-11,15,17-20,25-27,33H,2-7,12-14H2,1H3,(H,31,38). The zero-order chi connectivity index (χ0) is 26.4. The molecule has 3 aliphatic rings. The highest BCUT2D eigenvalue weighted by Gasteiger charge is 2.47. The van der Waals surface area contributed by atoms with Gasteiger partial charge in [0.05, 0.1) is 35.0 Å². The van der Waals surface area contributed by atoms with E-state index >= 15 is 0 Å². The number of aryl methyl sites for hydroxylation is 1. The van der Waals surface area contributed by atoms with E-state index in [1.807, 2.05) is 29.1 Å². The molecule has 0 radical (unpaired) electrons. The first kappa shape index (κ1) is 25.0. The van der Waals surface area contributed by atoms with Gasteiger partial charge < -0.3 is 10.6 Å². The molecule has 6 rings (SSSR count). The fourth-order valence-electron chi connectivity index (χ4n) is 6.11. The highest BCUT2D eigenvalue weighted by Crippen LogP contribution is 2.54. The van der Waals surface area contributed by atoms with Crippen LogP contribution in [0.2, 0.25) is 0 Å². The van der Waals surface area contributed by atoms with Crippen molar-refractivity contribution in [3.05, 3.63) is 54.3 Å². The van der Waals surface area contributed by atoms with Gasteiger partial charge in [0.1, 0.15) is 0 Å². The van der Waals surface area contributed by atoms with Crippen molar-refractivity contribution < 1.29 is 13.6 Å². The van der Waals surface area contributed by atoms with Crippen molar-refractivity contribution in [3.8, 4) is 0 Å². The van der Waals surface area contributed by atoms with Crippen molar-refractivity contribution in [3.63, 3.8) is 0 Å². The van der Waals surface area contributed by atoms with Crippen molar-refractivity contribution in [2.45, 2.75) is 64.5 Å². The predicted octanol–water partition coefficient (Wildman–Crippen LogP) is 4.24. The average molecular weight is 524 g/mol. The first-order chi connectivity index (χ1) is 18.4. The maximum Gasteiger partial charge on any atom is 0.243 e. The number of piperidine rings is 1. The van der Waals surface area contributed by atoms with E-state index in [0.717, 1.165) is 29.3 Å². The summed E-state index contributed by atoms with van der Waals surface area (Å²) in [4.78, 5) is 17.3. The number of aromatic nitrogens is 5. The highest BCUT2D eigenvalue weighted by molar-refractivity contribution is 5.79. The maximum absolute atomic E-state index is 13.3. The summed E-state index contributed by atoms with van der Waals surface area (Å²) in [6.07, 6.45) is 6.82. The minimum atomic E-state index is -2.44. The van der Waals surface area contributed by atoms with Gasteiger partial charge in [0, 0.05) is 37.5 Å². The first-order valence-corrected chi connectivity index (χ1v) is 13.8. The number of hydrogen-bond acceptors (Lipinski definition) is 5. The Morgan fingerprint density at radius 3 is 2.63 bits per heavy atom. The van der Waals surface area contributed by atoms with Crippen molar-refractivity contribution in [2.75, 3.05) is 6.54 Å². The Kier molecular flexibility index (Phi) is 6.65. The molecule has 1 aliphatic heterocycles. The van der Waals surface area contributed by atoms with E-state index in [4.69, 9.17) is 10.1 Å². The summed E-state index contributed by atoms with van der Waals surface area (Å²) in [6.45, 7) is 7.22. The molecule has 2 aliphatic carbocycles. The van der Waals surface area contributed by atoms with Gasteiger partial charge in [0.25, 0.3) is 0 Å². The quantitative estimate of drug-likeness (QED) is 0.392. The first-order valence-electron chi connectivity index (χ1n) is 13.8. The lowest BCUT2D eigenvalue weighted by Crippen LogP contribution is -2.44. The molecule has 4 heterocycles. The third-order valence-corrected chi connectivity index (χ3v) is 8.39. The van der Waals surface area contributed by atoms with Crippen LogP contribution < -0.4 is 10.6 Å². The van der Waals surface area contributed by atoms with E-state index in [2.05, 4.69) is 29.2 Å². The summed E-state index contributed by atoms with van der Waals surface area (Å²) in [7, 11) is 0. The van der Waals surface area contributed by atoms with Gasteiger partial charge in [0.2, 0.25) is 12.3 Å². The Bertz CT molecular complexity index is 1310. The predicted molar refractivity (Wildman–Crippen MR) is 139 cm³/mol. The Hall–Kier alpha value is -3.30. The molecule has 1 amide bonds. The van der Waals surface area contributed by atoms with Crippen LogP contribution in [0.25, 0.3) is 11.3 Å². The van der Waals surface area contributed by atoms with Gasteiger partial charge in [-0.15, -0.1) is 0 Å². The lowest BCUT2D eigenvalue weighted by Gasteiger charge is -2.29. The van der Waals surface area contributed by atoms with Crippen molar-refractivity contribution in [1.82, 2.24) is 35.0 Å². The molecule has 3 atom stereocenters. The third kappa shape index (κ3) is 5.05. The summed E-state index contributed by atoms with van der Waals surface area (Å²) < 4.78 is 30.2. The van der Waals surface area contributed by atoms with Gasteiger partial charge in [-0.1, -0.05) is 6.58 Å². The smallest absolute Gasteiger partial charge is 0.243 e. The number of hydrogen-bond donors (Lipinski definition) is 2. The topological polar surface area (TPSA) is 89.1 Å². The Labute approximate surface area is 220 Å². The maximum atomic E-state index is 13.3. The molecule has 3 fully saturated rings. The minimum absolute atomic E-state index is 0.00350. The Balaban J connectivity index is 1.27. The largest absolute Gasteiger partial charge is 0.375 e. The second kappa shape index (κ2) is 10.1. The zero-order valence-electron chi connectivity index (χ0n) is 21.7. The molecule has 0 aromatic carbocycles. The van der Waals surface area contributed by atoms with Crippen molar-refractivity contribution >= 4 is 17.3 Å². The number of fused-ring (bicyclic) bond motifs is 1. The number of rotatable bonds is 11. The number of nitrogens with one attached hydrogen (secondary N) is 2. The molecule has 3 aromatic rings. The highest BCUT2D eigenvalue weighted by atomic mass is 19.3. The molecular formula is C28H35F2N7O. The third-order valence-electron chi connectivity index (χ3n) is 8.39. The molecule has 2 N–H and O–H groups in total. The molecule has 0 spiro atoms. The van der Waals surface area contributed by atoms with E-state index in [0.29, 0.717) is 29.9 Å². The van der Waals surface area contributed by atoms with Crippen LogP contribution in [0.1, 0.15) is 62.2 Å². The number of carbonyl (C=O) groups excluding carboxylic acids is 1. The monoisotopic (exact) mass is 523 g/mol. The molecule has 3 aromatic heterocycles. The van der Waals surface area contributed by atoms with Crippen LogP contribution in [-0.2, 0) is 17.8 Å². The molecule has 0 bridgehead atoms. The van der Waals surface area contributed by atoms with Crippen LogP contribution in [0.4, 0.5) is 8.78 Å². The van der Waals surface area contributed by atoms with E-state index in [-0.39, 0.29) is 24.9 Å². The van der Waals surface area contributed by atoms with Crippen LogP contribution in [0.3, 0.4) is 0 Å². The van der Waals surface area contributed by atoms with Gasteiger partial charge >= 0.3 is 0 Å². The molecule has 1 saturated heterocycles. The minimum Gasteiger partial charge on any atom is -0.375 e. The van der Waals surface area contributed by atoms with E-state index in [1.54, 1.807) is 10.7 Å². The molecule has 8 nitrogen and oxygen atoms in total. The fourth-order valence-corrected chi connectivity index (χ4v) is 6.11. The zero-order valence-corrected chi connectivity index (χ0v) is 21.7. The number of nitrogens with zero attached hydrogens (tertiary/aromatic N) is 5. The van der Waals surface area contributed by atoms with E-state index in [9.17, 15) is 13.6 Å². The number of imidazole rings is 1. The summed E-state index contributed by atoms with van der Waals surface area (Å²) in [5.41, 5.74) is 4.15. The van der Waals surface area contributed by atoms with Crippen molar-refractivity contribution in [1.29, 1.82) is 0 Å². The Morgan fingerprint density at radius 2 is 1.95 bits per heavy atom. The number of carbonyl (C=O) groups is 1. The lowest BCUT2D eigenvalue weighted by atomic mass is 9.87. The number of alkyl halides is 2. The van der Waals surface area contributed by atoms with E-state index < -0.39 is 18.3 Å². The van der Waals surface area contributed by atoms with Crippen LogP contribution in [0.5, 0.6) is 0 Å². The lowest BCUT2D eigenvalue weighted by molar-refractivity contribution is -0.129.